The average Bonchev–Trinajstić information content (AvgIpc) is 2.54. The number of aryl methyl sites for hydroxylation is 1. The quantitative estimate of drug-likeness (QED) is 0.681. The summed E-state index contributed by atoms with van der Waals surface area (Å²) in [5, 5.41) is 2.66. The molecule has 1 N–H and O–H groups in total. The standard InChI is InChI=1S/C18H17NO3/c1-14-7-10-16(11-8-14)19-17(20)13-22-18(21)12-9-15-5-3-2-4-6-15/h2-12H,13H2,1H3,(H,19,20). The molecule has 0 aliphatic carbocycles. The molecular formula is C18H17NO3. The van der Waals surface area contributed by atoms with E-state index < -0.39 is 5.97 Å². The average molecular weight is 295 g/mol. The summed E-state index contributed by atoms with van der Waals surface area (Å²) in [4.78, 5) is 23.2. The Balaban J connectivity index is 1.77. The molecule has 22 heavy (non-hydrogen) atoms. The number of anilines is 1. The van der Waals surface area contributed by atoms with E-state index in [1.54, 1.807) is 18.2 Å². The van der Waals surface area contributed by atoms with E-state index in [0.29, 0.717) is 5.69 Å². The van der Waals surface area contributed by atoms with Crippen molar-refractivity contribution in [3.05, 3.63) is 71.8 Å². The molecule has 0 fully saturated rings. The first-order valence-corrected chi connectivity index (χ1v) is 6.90. The Hall–Kier alpha value is -2.88. The van der Waals surface area contributed by atoms with Crippen molar-refractivity contribution in [2.24, 2.45) is 0 Å². The summed E-state index contributed by atoms with van der Waals surface area (Å²) >= 11 is 0. The third-order valence-electron chi connectivity index (χ3n) is 2.89. The van der Waals surface area contributed by atoms with Crippen molar-refractivity contribution >= 4 is 23.6 Å². The smallest absolute Gasteiger partial charge is 0.331 e. The van der Waals surface area contributed by atoms with Crippen LogP contribution in [0.5, 0.6) is 0 Å². The van der Waals surface area contributed by atoms with Crippen LogP contribution < -0.4 is 5.32 Å². The van der Waals surface area contributed by atoms with Crippen molar-refractivity contribution in [3.63, 3.8) is 0 Å². The highest BCUT2D eigenvalue weighted by atomic mass is 16.5. The zero-order valence-corrected chi connectivity index (χ0v) is 12.3. The van der Waals surface area contributed by atoms with Gasteiger partial charge in [-0.15, -0.1) is 0 Å². The Kier molecular flexibility index (Phi) is 5.49. The highest BCUT2D eigenvalue weighted by molar-refractivity contribution is 5.94. The fraction of sp³-hybridized carbons (Fsp3) is 0.111. The van der Waals surface area contributed by atoms with Gasteiger partial charge < -0.3 is 10.1 Å². The van der Waals surface area contributed by atoms with E-state index in [1.807, 2.05) is 49.4 Å². The fourth-order valence-electron chi connectivity index (χ4n) is 1.75. The summed E-state index contributed by atoms with van der Waals surface area (Å²) in [5.74, 6) is -0.923. The molecule has 2 aromatic carbocycles. The Labute approximate surface area is 129 Å². The van der Waals surface area contributed by atoms with Gasteiger partial charge in [-0.3, -0.25) is 4.79 Å². The molecule has 112 valence electrons. The van der Waals surface area contributed by atoms with E-state index in [0.717, 1.165) is 11.1 Å². The topological polar surface area (TPSA) is 55.4 Å². The number of ether oxygens (including phenoxy) is 1. The molecule has 0 saturated carbocycles. The van der Waals surface area contributed by atoms with E-state index in [9.17, 15) is 9.59 Å². The van der Waals surface area contributed by atoms with E-state index in [1.165, 1.54) is 6.08 Å². The second-order valence-corrected chi connectivity index (χ2v) is 4.77. The molecule has 0 aliphatic rings. The van der Waals surface area contributed by atoms with Crippen LogP contribution in [-0.4, -0.2) is 18.5 Å². The second-order valence-electron chi connectivity index (χ2n) is 4.77. The van der Waals surface area contributed by atoms with Crippen LogP contribution in [0.4, 0.5) is 5.69 Å². The van der Waals surface area contributed by atoms with Crippen LogP contribution in [0, 0.1) is 6.92 Å². The number of carbonyl (C=O) groups is 2. The summed E-state index contributed by atoms with van der Waals surface area (Å²) in [7, 11) is 0. The molecule has 4 heteroatoms. The largest absolute Gasteiger partial charge is 0.452 e. The Morgan fingerprint density at radius 2 is 1.73 bits per heavy atom. The molecule has 0 atom stereocenters. The molecular weight excluding hydrogens is 278 g/mol. The number of esters is 1. The first kappa shape index (κ1) is 15.5. The summed E-state index contributed by atoms with van der Waals surface area (Å²) in [6.45, 7) is 1.65. The normalized spacial score (nSPS) is 10.4. The fourth-order valence-corrected chi connectivity index (χ4v) is 1.75. The molecule has 0 spiro atoms. The molecule has 4 nitrogen and oxygen atoms in total. The molecule has 0 unspecified atom stereocenters. The minimum absolute atomic E-state index is 0.314. The van der Waals surface area contributed by atoms with Crippen LogP contribution in [-0.2, 0) is 14.3 Å². The van der Waals surface area contributed by atoms with E-state index in [2.05, 4.69) is 5.32 Å². The maximum absolute atomic E-state index is 11.7. The van der Waals surface area contributed by atoms with Gasteiger partial charge in [0.1, 0.15) is 0 Å². The van der Waals surface area contributed by atoms with Crippen LogP contribution >= 0.6 is 0 Å². The molecule has 0 radical (unpaired) electrons. The number of carbonyl (C=O) groups excluding carboxylic acids is 2. The Morgan fingerprint density at radius 1 is 1.05 bits per heavy atom. The zero-order valence-electron chi connectivity index (χ0n) is 12.3. The van der Waals surface area contributed by atoms with Crippen molar-refractivity contribution in [1.29, 1.82) is 0 Å². The lowest BCUT2D eigenvalue weighted by Gasteiger charge is -2.05. The van der Waals surface area contributed by atoms with Gasteiger partial charge in [0.25, 0.3) is 5.91 Å². The van der Waals surface area contributed by atoms with Crippen LogP contribution in [0.2, 0.25) is 0 Å². The molecule has 0 saturated heterocycles. The lowest BCUT2D eigenvalue weighted by Crippen LogP contribution is -2.20. The summed E-state index contributed by atoms with van der Waals surface area (Å²) in [6, 6.07) is 16.8. The van der Waals surface area contributed by atoms with Crippen LogP contribution in [0.1, 0.15) is 11.1 Å². The lowest BCUT2D eigenvalue weighted by atomic mass is 10.2. The third kappa shape index (κ3) is 5.25. The maximum atomic E-state index is 11.7. The highest BCUT2D eigenvalue weighted by Gasteiger charge is 2.05. The summed E-state index contributed by atoms with van der Waals surface area (Å²) < 4.78 is 4.88. The number of rotatable bonds is 5. The van der Waals surface area contributed by atoms with Crippen molar-refractivity contribution in [2.75, 3.05) is 11.9 Å². The van der Waals surface area contributed by atoms with Gasteiger partial charge in [0.15, 0.2) is 6.61 Å². The number of hydrogen-bond acceptors (Lipinski definition) is 3. The molecule has 0 aromatic heterocycles. The van der Waals surface area contributed by atoms with Gasteiger partial charge in [-0.05, 0) is 30.7 Å². The lowest BCUT2D eigenvalue weighted by molar-refractivity contribution is -0.142. The molecule has 0 bridgehead atoms. The minimum Gasteiger partial charge on any atom is -0.452 e. The summed E-state index contributed by atoms with van der Waals surface area (Å²) in [5.41, 5.74) is 2.67. The number of benzene rings is 2. The molecule has 2 aromatic rings. The van der Waals surface area contributed by atoms with E-state index in [-0.39, 0.29) is 12.5 Å². The van der Waals surface area contributed by atoms with Gasteiger partial charge in [-0.1, -0.05) is 48.0 Å². The summed E-state index contributed by atoms with van der Waals surface area (Å²) in [6.07, 6.45) is 2.94. The Bertz CT molecular complexity index is 660. The third-order valence-corrected chi connectivity index (χ3v) is 2.89. The molecule has 2 rings (SSSR count). The van der Waals surface area contributed by atoms with E-state index in [4.69, 9.17) is 4.74 Å². The van der Waals surface area contributed by atoms with Gasteiger partial charge in [-0.25, -0.2) is 4.79 Å². The second kappa shape index (κ2) is 7.78. The van der Waals surface area contributed by atoms with Gasteiger partial charge >= 0.3 is 5.97 Å². The predicted octanol–water partition coefficient (Wildman–Crippen LogP) is 3.19. The van der Waals surface area contributed by atoms with Gasteiger partial charge in [0, 0.05) is 11.8 Å². The number of amides is 1. The molecule has 0 heterocycles. The monoisotopic (exact) mass is 295 g/mol. The van der Waals surface area contributed by atoms with Crippen molar-refractivity contribution in [1.82, 2.24) is 0 Å². The molecule has 1 amide bonds. The molecule has 0 aliphatic heterocycles. The SMILES string of the molecule is Cc1ccc(NC(=O)COC(=O)C=Cc2ccccc2)cc1. The number of nitrogens with one attached hydrogen (secondary N) is 1. The van der Waals surface area contributed by atoms with Crippen molar-refractivity contribution < 1.29 is 14.3 Å². The van der Waals surface area contributed by atoms with Gasteiger partial charge in [0.05, 0.1) is 0 Å². The van der Waals surface area contributed by atoms with Crippen LogP contribution in [0.3, 0.4) is 0 Å². The van der Waals surface area contributed by atoms with Crippen molar-refractivity contribution in [2.45, 2.75) is 6.92 Å². The number of hydrogen-bond donors (Lipinski definition) is 1. The van der Waals surface area contributed by atoms with Crippen LogP contribution in [0.15, 0.2) is 60.7 Å². The van der Waals surface area contributed by atoms with Gasteiger partial charge in [-0.2, -0.15) is 0 Å². The zero-order chi connectivity index (χ0) is 15.8. The minimum atomic E-state index is -0.553. The first-order chi connectivity index (χ1) is 10.6. The van der Waals surface area contributed by atoms with Gasteiger partial charge in [0.2, 0.25) is 0 Å². The van der Waals surface area contributed by atoms with Crippen LogP contribution in [0.25, 0.3) is 6.08 Å². The van der Waals surface area contributed by atoms with Crippen molar-refractivity contribution in [3.8, 4) is 0 Å². The Morgan fingerprint density at radius 3 is 2.41 bits per heavy atom. The van der Waals surface area contributed by atoms with E-state index >= 15 is 0 Å². The predicted molar refractivity (Wildman–Crippen MR) is 86.2 cm³/mol. The maximum Gasteiger partial charge on any atom is 0.331 e. The highest BCUT2D eigenvalue weighted by Crippen LogP contribution is 2.08. The first-order valence-electron chi connectivity index (χ1n) is 6.90.